The molecule has 0 fully saturated rings. The lowest BCUT2D eigenvalue weighted by molar-refractivity contribution is 0.391. The average molecular weight is 368 g/mol. The SMILES string of the molecule is Cc1ccc(C)c(-n2ccnc2SCc2nc(-c3ccsc3)no2)c1. The van der Waals surface area contributed by atoms with Crippen LogP contribution in [0.4, 0.5) is 0 Å². The molecule has 0 unspecified atom stereocenters. The van der Waals surface area contributed by atoms with Crippen molar-refractivity contribution in [1.29, 1.82) is 0 Å². The molecule has 0 radical (unpaired) electrons. The Labute approximate surface area is 153 Å². The van der Waals surface area contributed by atoms with Crippen LogP contribution in [0.5, 0.6) is 0 Å². The van der Waals surface area contributed by atoms with Gasteiger partial charge in [-0.3, -0.25) is 4.57 Å². The maximum atomic E-state index is 5.36. The van der Waals surface area contributed by atoms with Crippen LogP contribution in [-0.2, 0) is 5.75 Å². The molecule has 5 nitrogen and oxygen atoms in total. The highest BCUT2D eigenvalue weighted by Gasteiger charge is 2.13. The van der Waals surface area contributed by atoms with Crippen molar-refractivity contribution in [2.45, 2.75) is 24.8 Å². The van der Waals surface area contributed by atoms with Crippen LogP contribution in [0.1, 0.15) is 17.0 Å². The summed E-state index contributed by atoms with van der Waals surface area (Å²) < 4.78 is 7.46. The van der Waals surface area contributed by atoms with Crippen LogP contribution >= 0.6 is 23.1 Å². The molecule has 0 aliphatic heterocycles. The Bertz CT molecular complexity index is 988. The first-order valence-corrected chi connectivity index (χ1v) is 9.72. The summed E-state index contributed by atoms with van der Waals surface area (Å²) in [5.41, 5.74) is 4.57. The summed E-state index contributed by atoms with van der Waals surface area (Å²) in [5, 5.41) is 8.96. The van der Waals surface area contributed by atoms with Crippen molar-refractivity contribution in [3.05, 3.63) is 64.4 Å². The standard InChI is InChI=1S/C18H16N4OS2/c1-12-3-4-13(2)15(9-12)22-7-6-19-18(22)25-11-16-20-17(21-23-16)14-5-8-24-10-14/h3-10H,11H2,1-2H3. The predicted molar refractivity (Wildman–Crippen MR) is 100 cm³/mol. The monoisotopic (exact) mass is 368 g/mol. The van der Waals surface area contributed by atoms with Crippen molar-refractivity contribution in [2.75, 3.05) is 0 Å². The van der Waals surface area contributed by atoms with Gasteiger partial charge >= 0.3 is 0 Å². The van der Waals surface area contributed by atoms with Crippen molar-refractivity contribution in [1.82, 2.24) is 19.7 Å². The minimum atomic E-state index is 0.582. The number of hydrogen-bond donors (Lipinski definition) is 0. The van der Waals surface area contributed by atoms with E-state index in [4.69, 9.17) is 4.52 Å². The third-order valence-electron chi connectivity index (χ3n) is 3.80. The highest BCUT2D eigenvalue weighted by atomic mass is 32.2. The minimum Gasteiger partial charge on any atom is -0.338 e. The molecule has 4 aromatic rings. The highest BCUT2D eigenvalue weighted by Crippen LogP contribution is 2.27. The smallest absolute Gasteiger partial charge is 0.237 e. The molecule has 126 valence electrons. The molecule has 3 heterocycles. The molecule has 0 aliphatic rings. The summed E-state index contributed by atoms with van der Waals surface area (Å²) in [5.74, 6) is 1.82. The Hall–Kier alpha value is -2.38. The Morgan fingerprint density at radius 1 is 1.24 bits per heavy atom. The largest absolute Gasteiger partial charge is 0.338 e. The molecule has 0 amide bonds. The summed E-state index contributed by atoms with van der Waals surface area (Å²) in [6.45, 7) is 4.20. The van der Waals surface area contributed by atoms with Gasteiger partial charge in [0.1, 0.15) is 0 Å². The average Bonchev–Trinajstić information content (AvgIpc) is 3.36. The molecule has 0 atom stereocenters. The van der Waals surface area contributed by atoms with Crippen molar-refractivity contribution in [3.63, 3.8) is 0 Å². The number of aromatic nitrogens is 4. The van der Waals surface area contributed by atoms with E-state index in [-0.39, 0.29) is 0 Å². The van der Waals surface area contributed by atoms with Gasteiger partial charge in [-0.2, -0.15) is 16.3 Å². The summed E-state index contributed by atoms with van der Waals surface area (Å²) in [4.78, 5) is 8.93. The lowest BCUT2D eigenvalue weighted by Crippen LogP contribution is -1.98. The second-order valence-electron chi connectivity index (χ2n) is 5.68. The van der Waals surface area contributed by atoms with Crippen molar-refractivity contribution < 1.29 is 4.52 Å². The van der Waals surface area contributed by atoms with Gasteiger partial charge in [0.25, 0.3) is 0 Å². The van der Waals surface area contributed by atoms with Gasteiger partial charge in [-0.1, -0.05) is 29.1 Å². The van der Waals surface area contributed by atoms with Gasteiger partial charge in [0.15, 0.2) is 5.16 Å². The topological polar surface area (TPSA) is 56.7 Å². The first-order valence-electron chi connectivity index (χ1n) is 7.79. The molecule has 3 aromatic heterocycles. The molecule has 7 heteroatoms. The second kappa shape index (κ2) is 6.85. The number of benzene rings is 1. The summed E-state index contributed by atoms with van der Waals surface area (Å²) >= 11 is 3.20. The highest BCUT2D eigenvalue weighted by molar-refractivity contribution is 7.98. The number of nitrogens with zero attached hydrogens (tertiary/aromatic N) is 4. The Kier molecular flexibility index (Phi) is 4.42. The van der Waals surface area contributed by atoms with E-state index in [1.165, 1.54) is 11.1 Å². The molecule has 0 saturated heterocycles. The Morgan fingerprint density at radius 3 is 3.00 bits per heavy atom. The van der Waals surface area contributed by atoms with Gasteiger partial charge in [0.2, 0.25) is 11.7 Å². The van der Waals surface area contributed by atoms with E-state index >= 15 is 0 Å². The molecule has 0 bridgehead atoms. The van der Waals surface area contributed by atoms with Crippen LogP contribution < -0.4 is 0 Å². The molecule has 4 rings (SSSR count). The zero-order chi connectivity index (χ0) is 17.2. The summed E-state index contributed by atoms with van der Waals surface area (Å²) in [6.07, 6.45) is 3.80. The fourth-order valence-electron chi connectivity index (χ4n) is 2.51. The molecule has 25 heavy (non-hydrogen) atoms. The number of imidazole rings is 1. The van der Waals surface area contributed by atoms with E-state index in [0.29, 0.717) is 17.5 Å². The third-order valence-corrected chi connectivity index (χ3v) is 5.44. The van der Waals surface area contributed by atoms with Gasteiger partial charge in [-0.25, -0.2) is 4.98 Å². The first-order chi connectivity index (χ1) is 12.2. The molecule has 1 aromatic carbocycles. The number of hydrogen-bond acceptors (Lipinski definition) is 6. The third kappa shape index (κ3) is 3.38. The number of aryl methyl sites for hydroxylation is 2. The molecule has 0 spiro atoms. The fourth-order valence-corrected chi connectivity index (χ4v) is 3.95. The number of rotatable bonds is 5. The molecule has 0 N–H and O–H groups in total. The van der Waals surface area contributed by atoms with Crippen LogP contribution in [0.2, 0.25) is 0 Å². The minimum absolute atomic E-state index is 0.582. The van der Waals surface area contributed by atoms with Crippen LogP contribution in [0, 0.1) is 13.8 Å². The molecular formula is C18H16N4OS2. The van der Waals surface area contributed by atoms with Crippen molar-refractivity contribution in [2.24, 2.45) is 0 Å². The van der Waals surface area contributed by atoms with Gasteiger partial charge in [0, 0.05) is 23.3 Å². The second-order valence-corrected chi connectivity index (χ2v) is 7.40. The van der Waals surface area contributed by atoms with Crippen LogP contribution in [-0.4, -0.2) is 19.7 Å². The van der Waals surface area contributed by atoms with E-state index < -0.39 is 0 Å². The fraction of sp³-hybridized carbons (Fsp3) is 0.167. The van der Waals surface area contributed by atoms with E-state index in [1.807, 2.05) is 29.2 Å². The van der Waals surface area contributed by atoms with Crippen molar-refractivity contribution >= 4 is 23.1 Å². The van der Waals surface area contributed by atoms with E-state index in [0.717, 1.165) is 16.4 Å². The number of thiophene rings is 1. The zero-order valence-corrected chi connectivity index (χ0v) is 15.5. The quantitative estimate of drug-likeness (QED) is 0.469. The Morgan fingerprint density at radius 2 is 2.16 bits per heavy atom. The zero-order valence-electron chi connectivity index (χ0n) is 13.8. The summed E-state index contributed by atoms with van der Waals surface area (Å²) in [7, 11) is 0. The maximum absolute atomic E-state index is 5.36. The van der Waals surface area contributed by atoms with Gasteiger partial charge in [0.05, 0.1) is 11.4 Å². The van der Waals surface area contributed by atoms with E-state index in [2.05, 4.69) is 51.7 Å². The van der Waals surface area contributed by atoms with E-state index in [1.54, 1.807) is 23.1 Å². The predicted octanol–water partition coefficient (Wildman–Crippen LogP) is 4.89. The maximum Gasteiger partial charge on any atom is 0.237 e. The normalized spacial score (nSPS) is 11.1. The van der Waals surface area contributed by atoms with Crippen LogP contribution in [0.25, 0.3) is 17.1 Å². The number of thioether (sulfide) groups is 1. The van der Waals surface area contributed by atoms with Gasteiger partial charge in [-0.15, -0.1) is 0 Å². The lowest BCUT2D eigenvalue weighted by atomic mass is 10.1. The van der Waals surface area contributed by atoms with E-state index in [9.17, 15) is 0 Å². The summed E-state index contributed by atoms with van der Waals surface area (Å²) in [6, 6.07) is 8.40. The van der Waals surface area contributed by atoms with Crippen molar-refractivity contribution in [3.8, 4) is 17.1 Å². The van der Waals surface area contributed by atoms with Gasteiger partial charge in [-0.05, 0) is 42.5 Å². The Balaban J connectivity index is 1.53. The lowest BCUT2D eigenvalue weighted by Gasteiger charge is -2.10. The molecule has 0 saturated carbocycles. The first kappa shape index (κ1) is 16.1. The molecule has 0 aliphatic carbocycles. The van der Waals surface area contributed by atoms with Crippen LogP contribution in [0.3, 0.4) is 0 Å². The van der Waals surface area contributed by atoms with Crippen LogP contribution in [0.15, 0.2) is 57.1 Å². The van der Waals surface area contributed by atoms with Gasteiger partial charge < -0.3 is 4.52 Å². The molecular weight excluding hydrogens is 352 g/mol.